The van der Waals surface area contributed by atoms with E-state index in [9.17, 15) is 4.79 Å². The minimum Gasteiger partial charge on any atom is -0.433 e. The van der Waals surface area contributed by atoms with Crippen LogP contribution in [0.15, 0.2) is 12.8 Å². The molecule has 0 N–H and O–H groups in total. The molecule has 64 valence electrons. The standard InChI is InChI=1S/C7H12O4/c1-3-11-7(8)6-10-5-4-9-2/h3H,1,4-6H2,2H3. The van der Waals surface area contributed by atoms with E-state index < -0.39 is 5.97 Å². The summed E-state index contributed by atoms with van der Waals surface area (Å²) in [6.45, 7) is 4.03. The number of hydrogen-bond donors (Lipinski definition) is 0. The monoisotopic (exact) mass is 160 g/mol. The van der Waals surface area contributed by atoms with Crippen LogP contribution in [0.3, 0.4) is 0 Å². The molecule has 0 aliphatic rings. The first-order valence-electron chi connectivity index (χ1n) is 3.18. The summed E-state index contributed by atoms with van der Waals surface area (Å²) in [7, 11) is 1.56. The van der Waals surface area contributed by atoms with Gasteiger partial charge in [0.15, 0.2) is 0 Å². The Hall–Kier alpha value is -0.870. The summed E-state index contributed by atoms with van der Waals surface area (Å²) in [5.74, 6) is -0.448. The molecule has 0 rings (SSSR count). The predicted octanol–water partition coefficient (Wildman–Crippen LogP) is 0.336. The molecular formula is C7H12O4. The molecule has 4 heteroatoms. The van der Waals surface area contributed by atoms with Crippen molar-refractivity contribution in [1.29, 1.82) is 0 Å². The lowest BCUT2D eigenvalue weighted by molar-refractivity contribution is -0.143. The first-order valence-corrected chi connectivity index (χ1v) is 3.18. The quantitative estimate of drug-likeness (QED) is 0.319. The van der Waals surface area contributed by atoms with Crippen molar-refractivity contribution in [2.45, 2.75) is 0 Å². The molecule has 0 atom stereocenters. The van der Waals surface area contributed by atoms with E-state index in [4.69, 9.17) is 4.74 Å². The molecule has 0 saturated carbocycles. The highest BCUT2D eigenvalue weighted by atomic mass is 16.6. The summed E-state index contributed by atoms with van der Waals surface area (Å²) in [6.07, 6.45) is 1.07. The van der Waals surface area contributed by atoms with Gasteiger partial charge in [-0.1, -0.05) is 6.58 Å². The lowest BCUT2D eigenvalue weighted by Crippen LogP contribution is -2.12. The molecule has 0 saturated heterocycles. The highest BCUT2D eigenvalue weighted by Gasteiger charge is 1.98. The Morgan fingerprint density at radius 2 is 2.27 bits per heavy atom. The van der Waals surface area contributed by atoms with Gasteiger partial charge < -0.3 is 14.2 Å². The topological polar surface area (TPSA) is 44.8 Å². The van der Waals surface area contributed by atoms with Gasteiger partial charge in [0.2, 0.25) is 0 Å². The first kappa shape index (κ1) is 10.1. The second-order valence-electron chi connectivity index (χ2n) is 1.70. The molecule has 0 aliphatic heterocycles. The number of carbonyl (C=O) groups excluding carboxylic acids is 1. The molecule has 0 unspecified atom stereocenters. The maximum atomic E-state index is 10.5. The molecule has 0 aromatic heterocycles. The van der Waals surface area contributed by atoms with E-state index in [0.29, 0.717) is 13.2 Å². The fourth-order valence-electron chi connectivity index (χ4n) is 0.425. The summed E-state index contributed by atoms with van der Waals surface area (Å²) in [5, 5.41) is 0. The third-order valence-corrected chi connectivity index (χ3v) is 0.866. The highest BCUT2D eigenvalue weighted by molar-refractivity contribution is 5.71. The van der Waals surface area contributed by atoms with Crippen molar-refractivity contribution in [2.24, 2.45) is 0 Å². The zero-order valence-corrected chi connectivity index (χ0v) is 6.54. The van der Waals surface area contributed by atoms with E-state index in [1.807, 2.05) is 0 Å². The van der Waals surface area contributed by atoms with Crippen molar-refractivity contribution in [3.05, 3.63) is 12.8 Å². The summed E-state index contributed by atoms with van der Waals surface area (Å²) in [6, 6.07) is 0. The van der Waals surface area contributed by atoms with Crippen molar-refractivity contribution in [3.63, 3.8) is 0 Å². The normalized spacial score (nSPS) is 9.18. The summed E-state index contributed by atoms with van der Waals surface area (Å²) >= 11 is 0. The maximum absolute atomic E-state index is 10.5. The first-order chi connectivity index (χ1) is 5.31. The van der Waals surface area contributed by atoms with E-state index >= 15 is 0 Å². The number of esters is 1. The molecule has 0 fully saturated rings. The summed E-state index contributed by atoms with van der Waals surface area (Å²) < 4.78 is 13.9. The van der Waals surface area contributed by atoms with E-state index in [1.165, 1.54) is 0 Å². The smallest absolute Gasteiger partial charge is 0.336 e. The second-order valence-corrected chi connectivity index (χ2v) is 1.70. The Kier molecular flexibility index (Phi) is 6.67. The van der Waals surface area contributed by atoms with Gasteiger partial charge in [0.25, 0.3) is 0 Å². The van der Waals surface area contributed by atoms with Crippen molar-refractivity contribution in [3.8, 4) is 0 Å². The Morgan fingerprint density at radius 1 is 1.55 bits per heavy atom. The Bertz CT molecular complexity index is 122. The van der Waals surface area contributed by atoms with Crippen LogP contribution in [-0.2, 0) is 19.0 Å². The number of rotatable bonds is 6. The van der Waals surface area contributed by atoms with Crippen LogP contribution in [0.1, 0.15) is 0 Å². The van der Waals surface area contributed by atoms with E-state index in [2.05, 4.69) is 16.1 Å². The van der Waals surface area contributed by atoms with Gasteiger partial charge in [-0.3, -0.25) is 0 Å². The van der Waals surface area contributed by atoms with Crippen molar-refractivity contribution in [2.75, 3.05) is 26.9 Å². The highest BCUT2D eigenvalue weighted by Crippen LogP contribution is 1.81. The molecule has 0 aliphatic carbocycles. The average molecular weight is 160 g/mol. The van der Waals surface area contributed by atoms with Crippen molar-refractivity contribution >= 4 is 5.97 Å². The SMILES string of the molecule is C=COC(=O)COCCOC. The summed E-state index contributed by atoms with van der Waals surface area (Å²) in [5.41, 5.74) is 0. The van der Waals surface area contributed by atoms with E-state index in [0.717, 1.165) is 6.26 Å². The third kappa shape index (κ3) is 7.02. The minimum atomic E-state index is -0.448. The van der Waals surface area contributed by atoms with Gasteiger partial charge >= 0.3 is 5.97 Å². The number of hydrogen-bond acceptors (Lipinski definition) is 4. The molecule has 0 spiro atoms. The predicted molar refractivity (Wildman–Crippen MR) is 39.0 cm³/mol. The van der Waals surface area contributed by atoms with Crippen LogP contribution < -0.4 is 0 Å². The second kappa shape index (κ2) is 7.24. The van der Waals surface area contributed by atoms with Gasteiger partial charge in [0, 0.05) is 7.11 Å². The van der Waals surface area contributed by atoms with Gasteiger partial charge in [-0.05, 0) is 0 Å². The largest absolute Gasteiger partial charge is 0.433 e. The minimum absolute atomic E-state index is 0.0601. The van der Waals surface area contributed by atoms with Crippen LogP contribution in [0.5, 0.6) is 0 Å². The van der Waals surface area contributed by atoms with Gasteiger partial charge in [-0.15, -0.1) is 0 Å². The van der Waals surface area contributed by atoms with Gasteiger partial charge in [0.1, 0.15) is 6.61 Å². The Labute approximate surface area is 65.7 Å². The van der Waals surface area contributed by atoms with E-state index in [1.54, 1.807) is 7.11 Å². The lowest BCUT2D eigenvalue weighted by atomic mass is 10.7. The van der Waals surface area contributed by atoms with Crippen LogP contribution in [0.4, 0.5) is 0 Å². The third-order valence-electron chi connectivity index (χ3n) is 0.866. The van der Waals surface area contributed by atoms with Gasteiger partial charge in [0.05, 0.1) is 19.5 Å². The van der Waals surface area contributed by atoms with Crippen molar-refractivity contribution < 1.29 is 19.0 Å². The molecule has 0 amide bonds. The fraction of sp³-hybridized carbons (Fsp3) is 0.571. The maximum Gasteiger partial charge on any atom is 0.336 e. The fourth-order valence-corrected chi connectivity index (χ4v) is 0.425. The van der Waals surface area contributed by atoms with Crippen LogP contribution in [0.2, 0.25) is 0 Å². The Morgan fingerprint density at radius 3 is 2.82 bits per heavy atom. The van der Waals surface area contributed by atoms with Crippen molar-refractivity contribution in [1.82, 2.24) is 0 Å². The van der Waals surface area contributed by atoms with Crippen LogP contribution in [0, 0.1) is 0 Å². The van der Waals surface area contributed by atoms with Gasteiger partial charge in [-0.25, -0.2) is 4.79 Å². The average Bonchev–Trinajstić information content (AvgIpc) is 1.99. The molecule has 4 nitrogen and oxygen atoms in total. The zero-order valence-electron chi connectivity index (χ0n) is 6.54. The molecular weight excluding hydrogens is 148 g/mol. The molecule has 0 aromatic carbocycles. The summed E-state index contributed by atoms with van der Waals surface area (Å²) in [4.78, 5) is 10.5. The number of ether oxygens (including phenoxy) is 3. The molecule has 11 heavy (non-hydrogen) atoms. The molecule has 0 radical (unpaired) electrons. The number of methoxy groups -OCH3 is 1. The van der Waals surface area contributed by atoms with Gasteiger partial charge in [-0.2, -0.15) is 0 Å². The number of carbonyl (C=O) groups is 1. The molecule has 0 bridgehead atoms. The molecule has 0 aromatic rings. The van der Waals surface area contributed by atoms with Crippen LogP contribution >= 0.6 is 0 Å². The van der Waals surface area contributed by atoms with Crippen LogP contribution in [0.25, 0.3) is 0 Å². The zero-order chi connectivity index (χ0) is 8.53. The van der Waals surface area contributed by atoms with E-state index in [-0.39, 0.29) is 6.61 Å². The molecule has 0 heterocycles. The Balaban J connectivity index is 3.10. The van der Waals surface area contributed by atoms with Crippen LogP contribution in [-0.4, -0.2) is 32.9 Å². The lowest BCUT2D eigenvalue weighted by Gasteiger charge is -2.00.